The second-order valence-electron chi connectivity index (χ2n) is 5.74. The molecule has 3 aromatic carbocycles. The lowest BCUT2D eigenvalue weighted by Gasteiger charge is -2.03. The molecular formula is C22H16FNS. The average Bonchev–Trinajstić information content (AvgIpc) is 2.63. The molecule has 1 nitrogen and oxygen atoms in total. The molecule has 122 valence electrons. The number of thiocarbonyl (C=S) groups is 1. The molecule has 25 heavy (non-hydrogen) atoms. The van der Waals surface area contributed by atoms with Crippen molar-refractivity contribution in [3.05, 3.63) is 89.2 Å². The third-order valence-corrected chi connectivity index (χ3v) is 3.99. The Morgan fingerprint density at radius 3 is 2.00 bits per heavy atom. The SMILES string of the molecule is Cc1ccc(-c2ccc(C=Cc3ccc(N=C=S)c(F)c3)cc2)cc1. The van der Waals surface area contributed by atoms with Crippen LogP contribution < -0.4 is 0 Å². The smallest absolute Gasteiger partial charge is 0.150 e. The van der Waals surface area contributed by atoms with Gasteiger partial charge in [-0.3, -0.25) is 0 Å². The van der Waals surface area contributed by atoms with E-state index in [2.05, 4.69) is 65.7 Å². The van der Waals surface area contributed by atoms with Gasteiger partial charge in [-0.1, -0.05) is 72.3 Å². The zero-order valence-electron chi connectivity index (χ0n) is 13.7. The normalized spacial score (nSPS) is 10.6. The number of benzene rings is 3. The van der Waals surface area contributed by atoms with Gasteiger partial charge in [-0.15, -0.1) is 0 Å². The zero-order valence-corrected chi connectivity index (χ0v) is 14.6. The van der Waals surface area contributed by atoms with Gasteiger partial charge >= 0.3 is 0 Å². The molecule has 0 atom stereocenters. The predicted molar refractivity (Wildman–Crippen MR) is 107 cm³/mol. The number of aliphatic imine (C=N–C) groups is 1. The summed E-state index contributed by atoms with van der Waals surface area (Å²) < 4.78 is 13.8. The first-order chi connectivity index (χ1) is 12.2. The molecule has 0 saturated carbocycles. The van der Waals surface area contributed by atoms with Crippen molar-refractivity contribution in [2.75, 3.05) is 0 Å². The van der Waals surface area contributed by atoms with E-state index in [0.29, 0.717) is 0 Å². The van der Waals surface area contributed by atoms with Crippen molar-refractivity contribution in [3.63, 3.8) is 0 Å². The molecule has 0 aliphatic carbocycles. The minimum Gasteiger partial charge on any atom is -0.205 e. The summed E-state index contributed by atoms with van der Waals surface area (Å²) in [6.45, 7) is 2.08. The summed E-state index contributed by atoms with van der Waals surface area (Å²) in [5.74, 6) is -0.408. The predicted octanol–water partition coefficient (Wildman–Crippen LogP) is 6.71. The van der Waals surface area contributed by atoms with E-state index in [9.17, 15) is 4.39 Å². The number of hydrogen-bond acceptors (Lipinski definition) is 2. The van der Waals surface area contributed by atoms with E-state index in [0.717, 1.165) is 11.1 Å². The van der Waals surface area contributed by atoms with Gasteiger partial charge < -0.3 is 0 Å². The molecule has 0 unspecified atom stereocenters. The standard InChI is InChI=1S/C22H16FNS/c1-16-2-9-19(10-3-16)20-11-6-17(7-12-20)4-5-18-8-13-22(24-15-25)21(23)14-18/h2-14H,1H3. The monoisotopic (exact) mass is 345 g/mol. The highest BCUT2D eigenvalue weighted by molar-refractivity contribution is 7.78. The first kappa shape index (κ1) is 17.0. The maximum atomic E-state index is 13.8. The van der Waals surface area contributed by atoms with Gasteiger partial charge in [-0.25, -0.2) is 4.39 Å². The molecule has 0 saturated heterocycles. The van der Waals surface area contributed by atoms with Crippen LogP contribution in [0.4, 0.5) is 10.1 Å². The lowest BCUT2D eigenvalue weighted by atomic mass is 10.0. The molecular weight excluding hydrogens is 329 g/mol. The van der Waals surface area contributed by atoms with Crippen LogP contribution in [0.5, 0.6) is 0 Å². The van der Waals surface area contributed by atoms with Crippen LogP contribution in [0.2, 0.25) is 0 Å². The molecule has 0 radical (unpaired) electrons. The van der Waals surface area contributed by atoms with Gasteiger partial charge in [0.05, 0.1) is 5.16 Å². The maximum absolute atomic E-state index is 13.8. The molecule has 0 bridgehead atoms. The third kappa shape index (κ3) is 4.36. The summed E-state index contributed by atoms with van der Waals surface area (Å²) in [5.41, 5.74) is 5.64. The third-order valence-electron chi connectivity index (χ3n) is 3.90. The van der Waals surface area contributed by atoms with Gasteiger partial charge in [0.1, 0.15) is 11.5 Å². The highest BCUT2D eigenvalue weighted by Crippen LogP contribution is 2.22. The van der Waals surface area contributed by atoms with Crippen LogP contribution >= 0.6 is 12.2 Å². The quantitative estimate of drug-likeness (QED) is 0.291. The van der Waals surface area contributed by atoms with Crippen molar-refractivity contribution in [1.82, 2.24) is 0 Å². The van der Waals surface area contributed by atoms with Crippen molar-refractivity contribution in [1.29, 1.82) is 0 Å². The first-order valence-electron chi connectivity index (χ1n) is 7.88. The molecule has 0 amide bonds. The van der Waals surface area contributed by atoms with E-state index in [-0.39, 0.29) is 5.69 Å². The van der Waals surface area contributed by atoms with Crippen LogP contribution in [0.3, 0.4) is 0 Å². The number of isothiocyanates is 1. The topological polar surface area (TPSA) is 12.4 Å². The van der Waals surface area contributed by atoms with E-state index in [1.807, 2.05) is 24.3 Å². The Balaban J connectivity index is 1.77. The van der Waals surface area contributed by atoms with E-state index in [1.165, 1.54) is 22.8 Å². The lowest BCUT2D eigenvalue weighted by molar-refractivity contribution is 0.630. The molecule has 3 heteroatoms. The van der Waals surface area contributed by atoms with Crippen LogP contribution in [0.15, 0.2) is 71.7 Å². The summed E-state index contributed by atoms with van der Waals surface area (Å²) in [6, 6.07) is 21.5. The van der Waals surface area contributed by atoms with Crippen LogP contribution in [0.1, 0.15) is 16.7 Å². The second-order valence-corrected chi connectivity index (χ2v) is 5.92. The molecule has 0 aliphatic heterocycles. The lowest BCUT2D eigenvalue weighted by Crippen LogP contribution is -1.80. The summed E-state index contributed by atoms with van der Waals surface area (Å²) in [5, 5.41) is 2.17. The van der Waals surface area contributed by atoms with Crippen molar-refractivity contribution in [2.45, 2.75) is 6.92 Å². The van der Waals surface area contributed by atoms with E-state index >= 15 is 0 Å². The molecule has 0 fully saturated rings. The molecule has 3 aromatic rings. The fourth-order valence-corrected chi connectivity index (χ4v) is 2.59. The van der Waals surface area contributed by atoms with E-state index in [1.54, 1.807) is 12.1 Å². The minimum atomic E-state index is -0.408. The van der Waals surface area contributed by atoms with Gasteiger partial charge in [0, 0.05) is 0 Å². The number of hydrogen-bond donors (Lipinski definition) is 0. The summed E-state index contributed by atoms with van der Waals surface area (Å²) in [4.78, 5) is 3.68. The zero-order chi connectivity index (χ0) is 17.6. The maximum Gasteiger partial charge on any atom is 0.150 e. The minimum absolute atomic E-state index is 0.203. The summed E-state index contributed by atoms with van der Waals surface area (Å²) >= 11 is 4.50. The Bertz CT molecular complexity index is 950. The van der Waals surface area contributed by atoms with Crippen molar-refractivity contribution >= 4 is 35.2 Å². The molecule has 0 N–H and O–H groups in total. The number of nitrogens with zero attached hydrogens (tertiary/aromatic N) is 1. The van der Waals surface area contributed by atoms with Crippen molar-refractivity contribution in [2.24, 2.45) is 4.99 Å². The fourth-order valence-electron chi connectivity index (χ4n) is 2.49. The molecule has 0 heterocycles. The second kappa shape index (κ2) is 7.80. The number of halogens is 1. The van der Waals surface area contributed by atoms with E-state index < -0.39 is 5.82 Å². The fraction of sp³-hybridized carbons (Fsp3) is 0.0455. The number of rotatable bonds is 4. The largest absolute Gasteiger partial charge is 0.205 e. The van der Waals surface area contributed by atoms with Crippen molar-refractivity contribution in [3.8, 4) is 11.1 Å². The first-order valence-corrected chi connectivity index (χ1v) is 8.29. The van der Waals surface area contributed by atoms with Gasteiger partial charge in [0.15, 0.2) is 0 Å². The van der Waals surface area contributed by atoms with Crippen LogP contribution in [-0.2, 0) is 0 Å². The molecule has 0 aromatic heterocycles. The molecule has 0 spiro atoms. The Hall–Kier alpha value is -2.87. The van der Waals surface area contributed by atoms with Gasteiger partial charge in [0.2, 0.25) is 0 Å². The Morgan fingerprint density at radius 2 is 1.40 bits per heavy atom. The van der Waals surface area contributed by atoms with Crippen LogP contribution in [-0.4, -0.2) is 5.16 Å². The van der Waals surface area contributed by atoms with Gasteiger partial charge in [0.25, 0.3) is 0 Å². The highest BCUT2D eigenvalue weighted by atomic mass is 32.1. The van der Waals surface area contributed by atoms with Gasteiger partial charge in [-0.05, 0) is 53.5 Å². The summed E-state index contributed by atoms with van der Waals surface area (Å²) in [7, 11) is 0. The molecule has 3 rings (SSSR count). The van der Waals surface area contributed by atoms with E-state index in [4.69, 9.17) is 0 Å². The highest BCUT2D eigenvalue weighted by Gasteiger charge is 2.00. The summed E-state index contributed by atoms with van der Waals surface area (Å²) in [6.07, 6.45) is 3.82. The molecule has 0 aliphatic rings. The Labute approximate surface area is 152 Å². The Morgan fingerprint density at radius 1 is 0.840 bits per heavy atom. The van der Waals surface area contributed by atoms with Crippen LogP contribution in [0, 0.1) is 12.7 Å². The van der Waals surface area contributed by atoms with Crippen LogP contribution in [0.25, 0.3) is 23.3 Å². The Kier molecular flexibility index (Phi) is 5.30. The average molecular weight is 345 g/mol. The van der Waals surface area contributed by atoms with Gasteiger partial charge in [-0.2, -0.15) is 4.99 Å². The number of aryl methyl sites for hydroxylation is 1. The van der Waals surface area contributed by atoms with Crippen molar-refractivity contribution < 1.29 is 4.39 Å².